The first-order valence-corrected chi connectivity index (χ1v) is 9.44. The van der Waals surface area contributed by atoms with Gasteiger partial charge in [0.2, 0.25) is 5.91 Å². The fourth-order valence-corrected chi connectivity index (χ4v) is 3.36. The number of nitro benzene ring substituents is 1. The Morgan fingerprint density at radius 3 is 2.67 bits per heavy atom. The van der Waals surface area contributed by atoms with Gasteiger partial charge in [0.25, 0.3) is 10.9 Å². The van der Waals surface area contributed by atoms with E-state index in [2.05, 4.69) is 24.1 Å². The van der Waals surface area contributed by atoms with E-state index in [4.69, 9.17) is 4.42 Å². The average Bonchev–Trinajstić information content (AvgIpc) is 3.07. The van der Waals surface area contributed by atoms with Crippen LogP contribution in [0, 0.1) is 16.0 Å². The molecule has 1 heterocycles. The monoisotopic (exact) mass is 385 g/mol. The predicted molar refractivity (Wildman–Crippen MR) is 104 cm³/mol. The summed E-state index contributed by atoms with van der Waals surface area (Å²) in [6.45, 7) is 4.11. The number of fused-ring (bicyclic) bond motifs is 1. The summed E-state index contributed by atoms with van der Waals surface area (Å²) in [5.41, 5.74) is 1.86. The molecule has 27 heavy (non-hydrogen) atoms. The maximum Gasteiger partial charge on any atom is 0.271 e. The second kappa shape index (κ2) is 8.22. The number of carbonyl (C=O) groups excluding carboxylic acids is 1. The Hall–Kier alpha value is -2.87. The molecule has 0 saturated heterocycles. The predicted octanol–water partition coefficient (Wildman–Crippen LogP) is 4.34. The first-order chi connectivity index (χ1) is 12.9. The van der Waals surface area contributed by atoms with Gasteiger partial charge in [-0.05, 0) is 17.5 Å². The van der Waals surface area contributed by atoms with Crippen LogP contribution in [0.2, 0.25) is 0 Å². The Kier molecular flexibility index (Phi) is 5.75. The molecule has 0 saturated carbocycles. The minimum atomic E-state index is -0.482. The van der Waals surface area contributed by atoms with Crippen molar-refractivity contribution in [2.75, 3.05) is 5.75 Å². The van der Waals surface area contributed by atoms with Gasteiger partial charge in [0, 0.05) is 12.1 Å². The van der Waals surface area contributed by atoms with Gasteiger partial charge in [-0.3, -0.25) is 14.9 Å². The number of nitrogens with one attached hydrogen (secondary N) is 1. The van der Waals surface area contributed by atoms with Gasteiger partial charge in [0.05, 0.1) is 16.7 Å². The highest BCUT2D eigenvalue weighted by atomic mass is 32.2. The van der Waals surface area contributed by atoms with Crippen LogP contribution in [0.15, 0.2) is 58.2 Å². The number of non-ortho nitro benzene ring substituents is 1. The van der Waals surface area contributed by atoms with Gasteiger partial charge in [-0.2, -0.15) is 0 Å². The number of hydrogen-bond acceptors (Lipinski definition) is 6. The molecule has 0 spiro atoms. The fourth-order valence-electron chi connectivity index (χ4n) is 2.71. The molecule has 1 atom stereocenters. The zero-order valence-electron chi connectivity index (χ0n) is 14.9. The zero-order valence-corrected chi connectivity index (χ0v) is 15.7. The molecule has 3 rings (SSSR count). The van der Waals surface area contributed by atoms with E-state index in [-0.39, 0.29) is 29.3 Å². The fraction of sp³-hybridized carbons (Fsp3) is 0.263. The number of hydrogen-bond donors (Lipinski definition) is 1. The normalized spacial score (nSPS) is 12.3. The first kappa shape index (κ1) is 18.9. The van der Waals surface area contributed by atoms with E-state index in [9.17, 15) is 14.9 Å². The van der Waals surface area contributed by atoms with E-state index < -0.39 is 4.92 Å². The minimum Gasteiger partial charge on any atom is -0.431 e. The largest absolute Gasteiger partial charge is 0.431 e. The van der Waals surface area contributed by atoms with Crippen molar-refractivity contribution in [3.8, 4) is 0 Å². The molecule has 8 heteroatoms. The average molecular weight is 385 g/mol. The van der Waals surface area contributed by atoms with Crippen LogP contribution in [0.1, 0.15) is 25.5 Å². The first-order valence-electron chi connectivity index (χ1n) is 8.46. The number of carbonyl (C=O) groups is 1. The standard InChI is InChI=1S/C19H19N3O4S/c1-12(2)18(13-6-4-3-5-7-13)21-17(23)11-27-19-20-15-10-14(22(24)25)8-9-16(15)26-19/h3-10,12,18H,11H2,1-2H3,(H,21,23)/t18-/m0/s1. The Bertz CT molecular complexity index is 956. The molecule has 1 N–H and O–H groups in total. The quantitative estimate of drug-likeness (QED) is 0.369. The number of nitro groups is 1. The Morgan fingerprint density at radius 2 is 2.00 bits per heavy atom. The van der Waals surface area contributed by atoms with Crippen LogP contribution in [-0.2, 0) is 4.79 Å². The molecule has 1 amide bonds. The summed E-state index contributed by atoms with van der Waals surface area (Å²) in [5, 5.41) is 14.2. The van der Waals surface area contributed by atoms with E-state index in [1.807, 2.05) is 30.3 Å². The number of oxazole rings is 1. The minimum absolute atomic E-state index is 0.0484. The molecule has 0 radical (unpaired) electrons. The van der Waals surface area contributed by atoms with Crippen molar-refractivity contribution in [1.82, 2.24) is 10.3 Å². The topological polar surface area (TPSA) is 98.3 Å². The van der Waals surface area contributed by atoms with Crippen molar-refractivity contribution < 1.29 is 14.1 Å². The summed E-state index contributed by atoms with van der Waals surface area (Å²) in [6, 6.07) is 14.0. The Balaban J connectivity index is 1.64. The third-order valence-corrected chi connectivity index (χ3v) is 4.86. The molecule has 0 fully saturated rings. The number of amides is 1. The highest BCUT2D eigenvalue weighted by Crippen LogP contribution is 2.27. The lowest BCUT2D eigenvalue weighted by Crippen LogP contribution is -2.32. The van der Waals surface area contributed by atoms with E-state index in [1.54, 1.807) is 0 Å². The van der Waals surface area contributed by atoms with E-state index in [0.29, 0.717) is 16.3 Å². The van der Waals surface area contributed by atoms with Crippen LogP contribution < -0.4 is 5.32 Å². The molecule has 7 nitrogen and oxygen atoms in total. The van der Waals surface area contributed by atoms with Gasteiger partial charge in [0.15, 0.2) is 5.58 Å². The molecule has 3 aromatic rings. The highest BCUT2D eigenvalue weighted by Gasteiger charge is 2.19. The van der Waals surface area contributed by atoms with E-state index in [1.165, 1.54) is 18.2 Å². The molecule has 0 aliphatic rings. The summed E-state index contributed by atoms with van der Waals surface area (Å²) in [4.78, 5) is 26.9. The van der Waals surface area contributed by atoms with Crippen molar-refractivity contribution in [3.63, 3.8) is 0 Å². The summed E-state index contributed by atoms with van der Waals surface area (Å²) < 4.78 is 5.54. The molecule has 140 valence electrons. The van der Waals surface area contributed by atoms with Gasteiger partial charge in [-0.1, -0.05) is 55.9 Å². The molecular weight excluding hydrogens is 366 g/mol. The number of rotatable bonds is 7. The molecule has 0 bridgehead atoms. The van der Waals surface area contributed by atoms with Crippen molar-refractivity contribution in [1.29, 1.82) is 0 Å². The van der Waals surface area contributed by atoms with Crippen molar-refractivity contribution >= 4 is 34.5 Å². The third-order valence-electron chi connectivity index (χ3n) is 4.03. The highest BCUT2D eigenvalue weighted by molar-refractivity contribution is 7.99. The van der Waals surface area contributed by atoms with Gasteiger partial charge in [0.1, 0.15) is 5.52 Å². The summed E-state index contributed by atoms with van der Waals surface area (Å²) in [7, 11) is 0. The number of aromatic nitrogens is 1. The zero-order chi connectivity index (χ0) is 19.4. The molecule has 1 aromatic heterocycles. The summed E-state index contributed by atoms with van der Waals surface area (Å²) >= 11 is 1.16. The summed E-state index contributed by atoms with van der Waals surface area (Å²) in [6.07, 6.45) is 0. The Labute approximate surface area is 160 Å². The van der Waals surface area contributed by atoms with Crippen LogP contribution in [-0.4, -0.2) is 21.6 Å². The lowest BCUT2D eigenvalue weighted by atomic mass is 9.96. The van der Waals surface area contributed by atoms with Gasteiger partial charge in [-0.25, -0.2) is 4.98 Å². The van der Waals surface area contributed by atoms with E-state index in [0.717, 1.165) is 17.3 Å². The summed E-state index contributed by atoms with van der Waals surface area (Å²) in [5.74, 6) is 0.257. The molecule has 0 aliphatic carbocycles. The lowest BCUT2D eigenvalue weighted by molar-refractivity contribution is -0.384. The van der Waals surface area contributed by atoms with Crippen molar-refractivity contribution in [3.05, 3.63) is 64.2 Å². The number of benzene rings is 2. The SMILES string of the molecule is CC(C)[C@H](NC(=O)CSc1nc2cc([N+](=O)[O-])ccc2o1)c1ccccc1. The van der Waals surface area contributed by atoms with Gasteiger partial charge in [-0.15, -0.1) is 0 Å². The van der Waals surface area contributed by atoms with Crippen molar-refractivity contribution in [2.45, 2.75) is 25.1 Å². The van der Waals surface area contributed by atoms with Crippen LogP contribution in [0.3, 0.4) is 0 Å². The third kappa shape index (κ3) is 4.65. The molecular formula is C19H19N3O4S. The number of nitrogens with zero attached hydrogens (tertiary/aromatic N) is 2. The maximum atomic E-state index is 12.4. The molecule has 0 aliphatic heterocycles. The van der Waals surface area contributed by atoms with Gasteiger partial charge >= 0.3 is 0 Å². The smallest absolute Gasteiger partial charge is 0.271 e. The Morgan fingerprint density at radius 1 is 1.26 bits per heavy atom. The van der Waals surface area contributed by atoms with Gasteiger partial charge < -0.3 is 9.73 Å². The number of thioether (sulfide) groups is 1. The molecule has 2 aromatic carbocycles. The second-order valence-corrected chi connectivity index (χ2v) is 7.30. The van der Waals surface area contributed by atoms with Crippen molar-refractivity contribution in [2.24, 2.45) is 5.92 Å². The second-order valence-electron chi connectivity index (χ2n) is 6.38. The molecule has 0 unspecified atom stereocenters. The lowest BCUT2D eigenvalue weighted by Gasteiger charge is -2.22. The van der Waals surface area contributed by atoms with Crippen LogP contribution in [0.4, 0.5) is 5.69 Å². The van der Waals surface area contributed by atoms with Crippen LogP contribution in [0.25, 0.3) is 11.1 Å². The maximum absolute atomic E-state index is 12.4. The van der Waals surface area contributed by atoms with Crippen LogP contribution >= 0.6 is 11.8 Å². The van der Waals surface area contributed by atoms with Crippen LogP contribution in [0.5, 0.6) is 0 Å². The van der Waals surface area contributed by atoms with E-state index >= 15 is 0 Å².